The maximum Gasteiger partial charge on any atom is 0.246 e. The van der Waals surface area contributed by atoms with Crippen LogP contribution in [0, 0.1) is 0 Å². The molecule has 0 N–H and O–H groups in total. The first kappa shape index (κ1) is 22.0. The molecule has 0 saturated carbocycles. The Morgan fingerprint density at radius 2 is 1.59 bits per heavy atom. The number of amides is 2. The number of halogens is 3. The number of rotatable bonds is 4. The van der Waals surface area contributed by atoms with Crippen LogP contribution in [0.5, 0.6) is 0 Å². The second-order valence-electron chi connectivity index (χ2n) is 6.70. The lowest BCUT2D eigenvalue weighted by molar-refractivity contribution is -0.132. The Balaban J connectivity index is 0.00000261. The molecular formula is C19H24Cl3N3O2. The van der Waals surface area contributed by atoms with Crippen molar-refractivity contribution in [3.05, 3.63) is 39.9 Å². The second kappa shape index (κ2) is 10.3. The zero-order valence-corrected chi connectivity index (χ0v) is 17.4. The van der Waals surface area contributed by atoms with Gasteiger partial charge in [0.2, 0.25) is 11.8 Å². The van der Waals surface area contributed by atoms with Gasteiger partial charge in [-0.1, -0.05) is 29.3 Å². The SMILES string of the molecule is Cl.O=C(/C=C/c1ccc(Cl)c(Cl)c1)N1CCN(CC(=O)N2CCCC2)CC1. The highest BCUT2D eigenvalue weighted by Crippen LogP contribution is 2.23. The first-order chi connectivity index (χ1) is 12.5. The van der Waals surface area contributed by atoms with Gasteiger partial charge >= 0.3 is 0 Å². The van der Waals surface area contributed by atoms with Gasteiger partial charge in [-0.15, -0.1) is 12.4 Å². The van der Waals surface area contributed by atoms with Crippen LogP contribution in [0.25, 0.3) is 6.08 Å². The summed E-state index contributed by atoms with van der Waals surface area (Å²) in [5, 5.41) is 0.965. The fraction of sp³-hybridized carbons (Fsp3) is 0.474. The van der Waals surface area contributed by atoms with Crippen molar-refractivity contribution in [3.63, 3.8) is 0 Å². The van der Waals surface area contributed by atoms with Crippen molar-refractivity contribution in [2.45, 2.75) is 12.8 Å². The monoisotopic (exact) mass is 431 g/mol. The van der Waals surface area contributed by atoms with E-state index in [-0.39, 0.29) is 24.2 Å². The van der Waals surface area contributed by atoms with Crippen molar-refractivity contribution < 1.29 is 9.59 Å². The minimum Gasteiger partial charge on any atom is -0.342 e. The van der Waals surface area contributed by atoms with E-state index in [1.807, 2.05) is 15.9 Å². The van der Waals surface area contributed by atoms with Crippen LogP contribution in [0.1, 0.15) is 18.4 Å². The van der Waals surface area contributed by atoms with Gasteiger partial charge in [0.05, 0.1) is 16.6 Å². The van der Waals surface area contributed by atoms with E-state index >= 15 is 0 Å². The van der Waals surface area contributed by atoms with Crippen LogP contribution in [-0.2, 0) is 9.59 Å². The molecular weight excluding hydrogens is 409 g/mol. The molecule has 2 aliphatic heterocycles. The largest absolute Gasteiger partial charge is 0.342 e. The van der Waals surface area contributed by atoms with E-state index in [0.29, 0.717) is 29.7 Å². The topological polar surface area (TPSA) is 43.9 Å². The van der Waals surface area contributed by atoms with E-state index in [9.17, 15) is 9.59 Å². The van der Waals surface area contributed by atoms with Crippen LogP contribution in [0.2, 0.25) is 10.0 Å². The summed E-state index contributed by atoms with van der Waals surface area (Å²) < 4.78 is 0. The van der Waals surface area contributed by atoms with Crippen LogP contribution >= 0.6 is 35.6 Å². The molecule has 0 atom stereocenters. The van der Waals surface area contributed by atoms with Gasteiger partial charge in [-0.05, 0) is 36.6 Å². The smallest absolute Gasteiger partial charge is 0.246 e. The molecule has 2 fully saturated rings. The minimum atomic E-state index is -0.0263. The molecule has 148 valence electrons. The highest BCUT2D eigenvalue weighted by atomic mass is 35.5. The Bertz CT molecular complexity index is 697. The highest BCUT2D eigenvalue weighted by molar-refractivity contribution is 6.42. The summed E-state index contributed by atoms with van der Waals surface area (Å²) in [7, 11) is 0. The van der Waals surface area contributed by atoms with Crippen molar-refractivity contribution in [1.82, 2.24) is 14.7 Å². The summed E-state index contributed by atoms with van der Waals surface area (Å²) in [6, 6.07) is 5.26. The molecule has 1 aromatic rings. The lowest BCUT2D eigenvalue weighted by Crippen LogP contribution is -2.51. The molecule has 27 heavy (non-hydrogen) atoms. The molecule has 2 amide bonds. The summed E-state index contributed by atoms with van der Waals surface area (Å²) in [4.78, 5) is 30.4. The third-order valence-electron chi connectivity index (χ3n) is 4.86. The molecule has 0 radical (unpaired) electrons. The highest BCUT2D eigenvalue weighted by Gasteiger charge is 2.24. The van der Waals surface area contributed by atoms with E-state index in [2.05, 4.69) is 4.90 Å². The molecule has 0 aromatic heterocycles. The van der Waals surface area contributed by atoms with Gasteiger partial charge in [0.25, 0.3) is 0 Å². The molecule has 0 bridgehead atoms. The summed E-state index contributed by atoms with van der Waals surface area (Å²) in [5.41, 5.74) is 0.836. The van der Waals surface area contributed by atoms with Gasteiger partial charge in [-0.2, -0.15) is 0 Å². The third-order valence-corrected chi connectivity index (χ3v) is 5.60. The van der Waals surface area contributed by atoms with Crippen molar-refractivity contribution in [2.75, 3.05) is 45.8 Å². The van der Waals surface area contributed by atoms with Gasteiger partial charge in [-0.25, -0.2) is 0 Å². The number of hydrogen-bond donors (Lipinski definition) is 0. The lowest BCUT2D eigenvalue weighted by Gasteiger charge is -2.34. The predicted molar refractivity (Wildman–Crippen MR) is 112 cm³/mol. The summed E-state index contributed by atoms with van der Waals surface area (Å²) in [6.07, 6.45) is 5.52. The van der Waals surface area contributed by atoms with Crippen molar-refractivity contribution in [1.29, 1.82) is 0 Å². The average Bonchev–Trinajstić information content (AvgIpc) is 3.18. The molecule has 3 rings (SSSR count). The fourth-order valence-corrected chi connectivity index (χ4v) is 3.58. The van der Waals surface area contributed by atoms with Gasteiger partial charge < -0.3 is 9.80 Å². The Morgan fingerprint density at radius 1 is 0.926 bits per heavy atom. The lowest BCUT2D eigenvalue weighted by atomic mass is 10.2. The minimum absolute atomic E-state index is 0. The zero-order chi connectivity index (χ0) is 18.5. The Labute approximate surface area is 176 Å². The normalized spacial score (nSPS) is 18.0. The van der Waals surface area contributed by atoms with Crippen molar-refractivity contribution in [3.8, 4) is 0 Å². The first-order valence-corrected chi connectivity index (χ1v) is 9.71. The average molecular weight is 433 g/mol. The fourth-order valence-electron chi connectivity index (χ4n) is 3.27. The van der Waals surface area contributed by atoms with E-state index in [1.54, 1.807) is 24.3 Å². The third kappa shape index (κ3) is 6.11. The maximum absolute atomic E-state index is 12.3. The summed E-state index contributed by atoms with van der Waals surface area (Å²) >= 11 is 11.9. The number of nitrogens with zero attached hydrogens (tertiary/aromatic N) is 3. The van der Waals surface area contributed by atoms with Crippen molar-refractivity contribution >= 4 is 53.5 Å². The van der Waals surface area contributed by atoms with E-state index in [1.165, 1.54) is 0 Å². The molecule has 2 aliphatic rings. The molecule has 1 aromatic carbocycles. The first-order valence-electron chi connectivity index (χ1n) is 8.95. The maximum atomic E-state index is 12.3. The van der Waals surface area contributed by atoms with Crippen LogP contribution < -0.4 is 0 Å². The van der Waals surface area contributed by atoms with Gasteiger partial charge in [0.15, 0.2) is 0 Å². The Morgan fingerprint density at radius 3 is 2.22 bits per heavy atom. The van der Waals surface area contributed by atoms with E-state index < -0.39 is 0 Å². The van der Waals surface area contributed by atoms with Crippen LogP contribution in [0.15, 0.2) is 24.3 Å². The number of benzene rings is 1. The summed E-state index contributed by atoms with van der Waals surface area (Å²) in [5.74, 6) is 0.184. The Hall–Kier alpha value is -1.27. The predicted octanol–water partition coefficient (Wildman–Crippen LogP) is 3.20. The molecule has 0 spiro atoms. The number of piperazine rings is 1. The van der Waals surface area contributed by atoms with E-state index in [0.717, 1.165) is 44.6 Å². The van der Waals surface area contributed by atoms with Crippen LogP contribution in [0.4, 0.5) is 0 Å². The zero-order valence-electron chi connectivity index (χ0n) is 15.1. The molecule has 2 saturated heterocycles. The van der Waals surface area contributed by atoms with Crippen LogP contribution in [0.3, 0.4) is 0 Å². The number of carbonyl (C=O) groups is 2. The van der Waals surface area contributed by atoms with Gasteiger partial charge in [-0.3, -0.25) is 14.5 Å². The quantitative estimate of drug-likeness (QED) is 0.686. The number of carbonyl (C=O) groups excluding carboxylic acids is 2. The number of hydrogen-bond acceptors (Lipinski definition) is 3. The molecule has 5 nitrogen and oxygen atoms in total. The number of likely N-dealkylation sites (tertiary alicyclic amines) is 1. The van der Waals surface area contributed by atoms with Crippen LogP contribution in [-0.4, -0.2) is 72.3 Å². The molecule has 0 aliphatic carbocycles. The van der Waals surface area contributed by atoms with E-state index in [4.69, 9.17) is 23.2 Å². The van der Waals surface area contributed by atoms with Gasteiger partial charge in [0.1, 0.15) is 0 Å². The second-order valence-corrected chi connectivity index (χ2v) is 7.51. The molecule has 0 unspecified atom stereocenters. The summed E-state index contributed by atoms with van der Waals surface area (Å²) in [6.45, 7) is 4.96. The Kier molecular flexibility index (Phi) is 8.42. The molecule has 2 heterocycles. The van der Waals surface area contributed by atoms with Crippen molar-refractivity contribution in [2.24, 2.45) is 0 Å². The molecule has 8 heteroatoms. The standard InChI is InChI=1S/C19H23Cl2N3O2.ClH/c20-16-5-3-15(13-17(16)21)4-6-18(25)24-11-9-22(10-12-24)14-19(26)23-7-1-2-8-23;/h3-6,13H,1-2,7-12,14H2;1H/b6-4+;. The van der Waals surface area contributed by atoms with Gasteiger partial charge in [0, 0.05) is 45.3 Å².